The van der Waals surface area contributed by atoms with Crippen molar-refractivity contribution in [1.82, 2.24) is 9.80 Å². The van der Waals surface area contributed by atoms with E-state index in [1.807, 2.05) is 53.4 Å². The summed E-state index contributed by atoms with van der Waals surface area (Å²) in [6.45, 7) is 6.52. The minimum Gasteiger partial charge on any atom is -0.484 e. The van der Waals surface area contributed by atoms with E-state index in [9.17, 15) is 9.59 Å². The predicted octanol–water partition coefficient (Wildman–Crippen LogP) is 4.91. The molecule has 0 bridgehead atoms. The molecule has 5 nitrogen and oxygen atoms in total. The first-order chi connectivity index (χ1) is 15.9. The zero-order valence-electron chi connectivity index (χ0n) is 19.9. The molecular weight excluding hydrogens is 412 g/mol. The molecule has 5 heteroatoms. The molecule has 1 heterocycles. The Bertz CT molecular complexity index is 921. The second-order valence-electron chi connectivity index (χ2n) is 10.1. The molecule has 1 aliphatic carbocycles. The number of nitrogens with zero attached hydrogens (tertiary/aromatic N) is 2. The van der Waals surface area contributed by atoms with Gasteiger partial charge in [-0.05, 0) is 48.8 Å². The number of hydrogen-bond acceptors (Lipinski definition) is 3. The maximum absolute atomic E-state index is 13.8. The molecule has 2 aliphatic rings. The lowest BCUT2D eigenvalue weighted by Gasteiger charge is -2.41. The van der Waals surface area contributed by atoms with E-state index in [0.29, 0.717) is 38.2 Å². The Labute approximate surface area is 197 Å². The number of rotatable bonds is 7. The molecule has 1 aliphatic heterocycles. The van der Waals surface area contributed by atoms with Gasteiger partial charge >= 0.3 is 0 Å². The molecule has 2 aromatic rings. The highest BCUT2D eigenvalue weighted by Crippen LogP contribution is 2.42. The minimum atomic E-state index is -0.0239. The van der Waals surface area contributed by atoms with Gasteiger partial charge < -0.3 is 14.5 Å². The van der Waals surface area contributed by atoms with Crippen LogP contribution in [0, 0.1) is 11.3 Å². The molecule has 1 saturated carbocycles. The average molecular weight is 449 g/mol. The summed E-state index contributed by atoms with van der Waals surface area (Å²) in [5, 5.41) is 0. The Morgan fingerprint density at radius 3 is 2.21 bits per heavy atom. The van der Waals surface area contributed by atoms with Crippen molar-refractivity contribution in [3.63, 3.8) is 0 Å². The molecule has 4 rings (SSSR count). The molecule has 2 aromatic carbocycles. The SMILES string of the molecule is CC1(C)CCC[C@H]1N(Cc1ccccc1)C(=O)C1CCN(C(=O)COc2ccccc2)CC1. The van der Waals surface area contributed by atoms with Crippen LogP contribution >= 0.6 is 0 Å². The molecule has 1 atom stereocenters. The van der Waals surface area contributed by atoms with Gasteiger partial charge in [-0.2, -0.15) is 0 Å². The molecule has 0 radical (unpaired) electrons. The van der Waals surface area contributed by atoms with Gasteiger partial charge in [0.05, 0.1) is 0 Å². The fourth-order valence-corrected chi connectivity index (χ4v) is 5.37. The van der Waals surface area contributed by atoms with Crippen LogP contribution in [0.3, 0.4) is 0 Å². The number of likely N-dealkylation sites (tertiary alicyclic amines) is 1. The van der Waals surface area contributed by atoms with Gasteiger partial charge in [0.1, 0.15) is 5.75 Å². The van der Waals surface area contributed by atoms with E-state index in [-0.39, 0.29) is 35.8 Å². The summed E-state index contributed by atoms with van der Waals surface area (Å²) in [6.07, 6.45) is 4.83. The first kappa shape index (κ1) is 23.3. The molecular formula is C28H36N2O3. The van der Waals surface area contributed by atoms with Crippen LogP contribution in [0.2, 0.25) is 0 Å². The fraction of sp³-hybridized carbons (Fsp3) is 0.500. The number of carbonyl (C=O) groups excluding carboxylic acids is 2. The number of amides is 2. The topological polar surface area (TPSA) is 49.9 Å². The molecule has 2 fully saturated rings. The summed E-state index contributed by atoms with van der Waals surface area (Å²) in [5.74, 6) is 0.921. The first-order valence-corrected chi connectivity index (χ1v) is 12.2. The Kier molecular flexibility index (Phi) is 7.36. The van der Waals surface area contributed by atoms with Gasteiger partial charge in [0, 0.05) is 31.6 Å². The maximum atomic E-state index is 13.8. The summed E-state index contributed by atoms with van der Waals surface area (Å²) in [5.41, 5.74) is 1.31. The summed E-state index contributed by atoms with van der Waals surface area (Å²) < 4.78 is 5.62. The highest BCUT2D eigenvalue weighted by molar-refractivity contribution is 5.81. The van der Waals surface area contributed by atoms with Crippen molar-refractivity contribution >= 4 is 11.8 Å². The van der Waals surface area contributed by atoms with Crippen LogP contribution in [0.5, 0.6) is 5.75 Å². The van der Waals surface area contributed by atoms with Crippen molar-refractivity contribution in [3.05, 3.63) is 66.2 Å². The molecule has 1 saturated heterocycles. The number of hydrogen-bond donors (Lipinski definition) is 0. The Morgan fingerprint density at radius 1 is 0.970 bits per heavy atom. The van der Waals surface area contributed by atoms with E-state index >= 15 is 0 Å². The van der Waals surface area contributed by atoms with E-state index in [2.05, 4.69) is 30.9 Å². The highest BCUT2D eigenvalue weighted by Gasteiger charge is 2.42. The van der Waals surface area contributed by atoms with Crippen molar-refractivity contribution in [2.75, 3.05) is 19.7 Å². The van der Waals surface area contributed by atoms with Crippen molar-refractivity contribution in [2.45, 2.75) is 58.5 Å². The van der Waals surface area contributed by atoms with Crippen molar-refractivity contribution in [1.29, 1.82) is 0 Å². The quantitative estimate of drug-likeness (QED) is 0.605. The van der Waals surface area contributed by atoms with Crippen LogP contribution in [-0.4, -0.2) is 47.4 Å². The van der Waals surface area contributed by atoms with E-state index in [0.717, 1.165) is 12.8 Å². The van der Waals surface area contributed by atoms with Crippen molar-refractivity contribution in [2.24, 2.45) is 11.3 Å². The molecule has 33 heavy (non-hydrogen) atoms. The first-order valence-electron chi connectivity index (χ1n) is 12.2. The highest BCUT2D eigenvalue weighted by atomic mass is 16.5. The van der Waals surface area contributed by atoms with Crippen molar-refractivity contribution in [3.8, 4) is 5.75 Å². The fourth-order valence-electron chi connectivity index (χ4n) is 5.37. The van der Waals surface area contributed by atoms with Crippen LogP contribution in [-0.2, 0) is 16.1 Å². The van der Waals surface area contributed by atoms with Gasteiger partial charge in [-0.25, -0.2) is 0 Å². The van der Waals surface area contributed by atoms with Crippen LogP contribution in [0.15, 0.2) is 60.7 Å². The third kappa shape index (κ3) is 5.76. The molecule has 0 spiro atoms. The second-order valence-corrected chi connectivity index (χ2v) is 10.1. The van der Waals surface area contributed by atoms with Gasteiger partial charge in [0.2, 0.25) is 5.91 Å². The van der Waals surface area contributed by atoms with Gasteiger partial charge in [0.25, 0.3) is 5.91 Å². The largest absolute Gasteiger partial charge is 0.484 e. The molecule has 0 N–H and O–H groups in total. The number of piperidine rings is 1. The van der Waals surface area contributed by atoms with Crippen LogP contribution < -0.4 is 4.74 Å². The summed E-state index contributed by atoms with van der Waals surface area (Å²) >= 11 is 0. The predicted molar refractivity (Wildman–Crippen MR) is 130 cm³/mol. The van der Waals surface area contributed by atoms with Crippen LogP contribution in [0.4, 0.5) is 0 Å². The van der Waals surface area contributed by atoms with E-state index in [1.165, 1.54) is 12.0 Å². The van der Waals surface area contributed by atoms with Gasteiger partial charge in [-0.1, -0.05) is 68.8 Å². The van der Waals surface area contributed by atoms with Crippen LogP contribution in [0.25, 0.3) is 0 Å². The lowest BCUT2D eigenvalue weighted by Crippen LogP contribution is -2.50. The Balaban J connectivity index is 1.37. The standard InChI is InChI=1S/C28H36N2O3/c1-28(2)17-9-14-25(28)30(20-22-10-5-3-6-11-22)27(32)23-15-18-29(19-16-23)26(31)21-33-24-12-7-4-8-13-24/h3-8,10-13,23,25H,9,14-21H2,1-2H3/t25-/m1/s1. The number of para-hydroxylation sites is 1. The third-order valence-corrected chi connectivity index (χ3v) is 7.36. The van der Waals surface area contributed by atoms with Crippen LogP contribution in [0.1, 0.15) is 51.5 Å². The summed E-state index contributed by atoms with van der Waals surface area (Å²) in [7, 11) is 0. The lowest BCUT2D eigenvalue weighted by molar-refractivity contribution is -0.145. The van der Waals surface area contributed by atoms with E-state index < -0.39 is 0 Å². The van der Waals surface area contributed by atoms with Gasteiger partial charge in [-0.15, -0.1) is 0 Å². The number of benzene rings is 2. The molecule has 176 valence electrons. The van der Waals surface area contributed by atoms with E-state index in [1.54, 1.807) is 0 Å². The Hall–Kier alpha value is -2.82. The zero-order valence-corrected chi connectivity index (χ0v) is 19.9. The second kappa shape index (κ2) is 10.4. The Morgan fingerprint density at radius 2 is 1.61 bits per heavy atom. The minimum absolute atomic E-state index is 0.0113. The summed E-state index contributed by atoms with van der Waals surface area (Å²) in [4.78, 5) is 30.4. The smallest absolute Gasteiger partial charge is 0.260 e. The average Bonchev–Trinajstić information content (AvgIpc) is 3.20. The normalized spacial score (nSPS) is 20.4. The molecule has 0 unspecified atom stereocenters. The molecule has 0 aromatic heterocycles. The maximum Gasteiger partial charge on any atom is 0.260 e. The molecule has 2 amide bonds. The van der Waals surface area contributed by atoms with Gasteiger partial charge in [0.15, 0.2) is 6.61 Å². The van der Waals surface area contributed by atoms with E-state index in [4.69, 9.17) is 4.74 Å². The van der Waals surface area contributed by atoms with Gasteiger partial charge in [-0.3, -0.25) is 9.59 Å². The monoisotopic (exact) mass is 448 g/mol. The number of carbonyl (C=O) groups is 2. The zero-order chi connectivity index (χ0) is 23.3. The summed E-state index contributed by atoms with van der Waals surface area (Å²) in [6, 6.07) is 20.0. The van der Waals surface area contributed by atoms with Crippen molar-refractivity contribution < 1.29 is 14.3 Å². The lowest BCUT2D eigenvalue weighted by atomic mass is 9.84. The third-order valence-electron chi connectivity index (χ3n) is 7.36. The number of ether oxygens (including phenoxy) is 1.